The van der Waals surface area contributed by atoms with Gasteiger partial charge >= 0.3 is 11.9 Å². The largest absolute Gasteiger partial charge is 0.493 e. The van der Waals surface area contributed by atoms with Gasteiger partial charge in [-0.1, -0.05) is 19.1 Å². The van der Waals surface area contributed by atoms with Gasteiger partial charge in [0.25, 0.3) is 0 Å². The van der Waals surface area contributed by atoms with Gasteiger partial charge in [0, 0.05) is 16.7 Å². The van der Waals surface area contributed by atoms with E-state index in [2.05, 4.69) is 13.2 Å². The van der Waals surface area contributed by atoms with Crippen LogP contribution in [0, 0.1) is 10.8 Å². The molecule has 0 spiro atoms. The Morgan fingerprint density at radius 3 is 1.93 bits per heavy atom. The van der Waals surface area contributed by atoms with Crippen LogP contribution in [0.3, 0.4) is 0 Å². The van der Waals surface area contributed by atoms with Crippen LogP contribution < -0.4 is 14.2 Å². The summed E-state index contributed by atoms with van der Waals surface area (Å²) >= 11 is 0. The van der Waals surface area contributed by atoms with E-state index in [1.54, 1.807) is 84.0 Å². The standard InChI is InChI=1S/C34H42O6/c1-10-13-24-22-25(17-20-28(35)23-15-18-26(19-16-23)39-31(36)33(4,5)6)29(38-21-12-3)27(14-11-2)30(24)40-32(37)34(7,8)9/h10-11,15-20,22H,1-2,12-14,21H2,3-9H3. The quantitative estimate of drug-likeness (QED) is 0.0891. The zero-order chi connectivity index (χ0) is 30.1. The van der Waals surface area contributed by atoms with Crippen molar-refractivity contribution in [1.82, 2.24) is 0 Å². The van der Waals surface area contributed by atoms with Crippen LogP contribution in [0.5, 0.6) is 17.2 Å². The lowest BCUT2D eigenvalue weighted by Crippen LogP contribution is -2.26. The maximum Gasteiger partial charge on any atom is 0.316 e. The molecule has 0 bridgehead atoms. The second kappa shape index (κ2) is 13.9. The normalized spacial score (nSPS) is 11.7. The third-order valence-corrected chi connectivity index (χ3v) is 5.78. The van der Waals surface area contributed by atoms with E-state index >= 15 is 0 Å². The summed E-state index contributed by atoms with van der Waals surface area (Å²) < 4.78 is 17.5. The fourth-order valence-corrected chi connectivity index (χ4v) is 3.51. The van der Waals surface area contributed by atoms with Crippen molar-refractivity contribution in [3.63, 3.8) is 0 Å². The number of carbonyl (C=O) groups excluding carboxylic acids is 3. The first-order chi connectivity index (χ1) is 18.7. The van der Waals surface area contributed by atoms with Gasteiger partial charge in [-0.25, -0.2) is 0 Å². The van der Waals surface area contributed by atoms with Gasteiger partial charge < -0.3 is 14.2 Å². The number of ketones is 1. The van der Waals surface area contributed by atoms with Crippen molar-refractivity contribution in [3.8, 4) is 17.2 Å². The number of esters is 2. The van der Waals surface area contributed by atoms with Crippen LogP contribution >= 0.6 is 0 Å². The van der Waals surface area contributed by atoms with Gasteiger partial charge in [-0.15, -0.1) is 13.2 Å². The smallest absolute Gasteiger partial charge is 0.316 e. The van der Waals surface area contributed by atoms with Crippen molar-refractivity contribution in [2.45, 2.75) is 67.7 Å². The van der Waals surface area contributed by atoms with E-state index < -0.39 is 10.8 Å². The van der Waals surface area contributed by atoms with E-state index in [1.807, 2.05) is 13.0 Å². The summed E-state index contributed by atoms with van der Waals surface area (Å²) in [5, 5.41) is 0. The monoisotopic (exact) mass is 546 g/mol. The summed E-state index contributed by atoms with van der Waals surface area (Å²) in [4.78, 5) is 38.1. The highest BCUT2D eigenvalue weighted by atomic mass is 16.5. The molecule has 2 aromatic rings. The molecule has 0 aromatic heterocycles. The highest BCUT2D eigenvalue weighted by Gasteiger charge is 2.28. The second-order valence-corrected chi connectivity index (χ2v) is 11.6. The van der Waals surface area contributed by atoms with Crippen molar-refractivity contribution < 1.29 is 28.6 Å². The van der Waals surface area contributed by atoms with E-state index in [9.17, 15) is 14.4 Å². The molecule has 2 rings (SSSR count). The molecule has 0 saturated carbocycles. The predicted octanol–water partition coefficient (Wildman–Crippen LogP) is 7.73. The van der Waals surface area contributed by atoms with Crippen molar-refractivity contribution >= 4 is 23.8 Å². The van der Waals surface area contributed by atoms with Crippen molar-refractivity contribution in [2.75, 3.05) is 6.61 Å². The first kappa shape index (κ1) is 32.3. The molecule has 0 saturated heterocycles. The fraction of sp³-hybridized carbons (Fsp3) is 0.382. The Kier molecular flexibility index (Phi) is 11.2. The molecule has 0 N–H and O–H groups in total. The van der Waals surface area contributed by atoms with E-state index in [1.165, 1.54) is 6.08 Å². The summed E-state index contributed by atoms with van der Waals surface area (Å²) in [6.07, 6.45) is 8.27. The molecule has 0 radical (unpaired) electrons. The first-order valence-corrected chi connectivity index (χ1v) is 13.5. The molecule has 0 aliphatic rings. The van der Waals surface area contributed by atoms with Gasteiger partial charge in [-0.2, -0.15) is 0 Å². The maximum atomic E-state index is 13.0. The maximum absolute atomic E-state index is 13.0. The number of allylic oxidation sites excluding steroid dienone is 3. The molecule has 6 nitrogen and oxygen atoms in total. The van der Waals surface area contributed by atoms with E-state index in [0.717, 1.165) is 12.0 Å². The highest BCUT2D eigenvalue weighted by molar-refractivity contribution is 6.07. The minimum absolute atomic E-state index is 0.228. The van der Waals surface area contributed by atoms with Gasteiger partial charge in [-0.3, -0.25) is 14.4 Å². The third kappa shape index (κ3) is 8.80. The molecular weight excluding hydrogens is 504 g/mol. The average Bonchev–Trinajstić information content (AvgIpc) is 2.88. The summed E-state index contributed by atoms with van der Waals surface area (Å²) in [7, 11) is 0. The summed E-state index contributed by atoms with van der Waals surface area (Å²) in [5.74, 6) is 0.413. The molecule has 6 heteroatoms. The minimum atomic E-state index is -0.701. The number of carbonyl (C=O) groups is 3. The van der Waals surface area contributed by atoms with Crippen LogP contribution in [0.25, 0.3) is 6.08 Å². The van der Waals surface area contributed by atoms with Crippen molar-refractivity contribution in [1.29, 1.82) is 0 Å². The zero-order valence-electron chi connectivity index (χ0n) is 24.9. The third-order valence-electron chi connectivity index (χ3n) is 5.78. The van der Waals surface area contributed by atoms with Gasteiger partial charge in [0.1, 0.15) is 17.2 Å². The average molecular weight is 547 g/mol. The van der Waals surface area contributed by atoms with Gasteiger partial charge in [-0.05, 0) is 109 Å². The Hall–Kier alpha value is -3.93. The summed E-state index contributed by atoms with van der Waals surface area (Å²) in [6, 6.07) is 8.30. The predicted molar refractivity (Wildman–Crippen MR) is 160 cm³/mol. The lowest BCUT2D eigenvalue weighted by Gasteiger charge is -2.23. The summed E-state index contributed by atoms with van der Waals surface area (Å²) in [6.45, 7) is 20.9. The molecule has 0 fully saturated rings. The van der Waals surface area contributed by atoms with Crippen LogP contribution in [0.4, 0.5) is 0 Å². The molecule has 0 heterocycles. The van der Waals surface area contributed by atoms with E-state index in [4.69, 9.17) is 14.2 Å². The molecule has 40 heavy (non-hydrogen) atoms. The molecular formula is C34H42O6. The number of rotatable bonds is 12. The lowest BCUT2D eigenvalue weighted by molar-refractivity contribution is -0.143. The van der Waals surface area contributed by atoms with Crippen molar-refractivity contribution in [3.05, 3.63) is 84.0 Å². The minimum Gasteiger partial charge on any atom is -0.493 e. The Labute approximate surface area is 238 Å². The number of hydrogen-bond donors (Lipinski definition) is 0. The van der Waals surface area contributed by atoms with E-state index in [0.29, 0.717) is 53.4 Å². The highest BCUT2D eigenvalue weighted by Crippen LogP contribution is 2.39. The number of hydrogen-bond acceptors (Lipinski definition) is 6. The Bertz CT molecular complexity index is 1270. The first-order valence-electron chi connectivity index (χ1n) is 13.5. The Morgan fingerprint density at radius 1 is 0.825 bits per heavy atom. The van der Waals surface area contributed by atoms with Crippen LogP contribution in [-0.2, 0) is 22.4 Å². The van der Waals surface area contributed by atoms with Crippen LogP contribution in [0.2, 0.25) is 0 Å². The second-order valence-electron chi connectivity index (χ2n) is 11.6. The number of benzene rings is 2. The molecule has 0 atom stereocenters. The topological polar surface area (TPSA) is 78.9 Å². The molecule has 0 unspecified atom stereocenters. The van der Waals surface area contributed by atoms with E-state index in [-0.39, 0.29) is 17.7 Å². The van der Waals surface area contributed by atoms with Crippen LogP contribution in [0.1, 0.15) is 81.9 Å². The SMILES string of the molecule is C=CCc1cc(C=CC(=O)c2ccc(OC(=O)C(C)(C)C)cc2)c(OCCC)c(CC=C)c1OC(=O)C(C)(C)C. The van der Waals surface area contributed by atoms with Gasteiger partial charge in [0.15, 0.2) is 5.78 Å². The molecule has 2 aromatic carbocycles. The molecule has 214 valence electrons. The zero-order valence-corrected chi connectivity index (χ0v) is 24.9. The lowest BCUT2D eigenvalue weighted by atomic mass is 9.95. The molecule has 0 aliphatic carbocycles. The molecule has 0 aliphatic heterocycles. The fourth-order valence-electron chi connectivity index (χ4n) is 3.51. The summed E-state index contributed by atoms with van der Waals surface area (Å²) in [5.41, 5.74) is 1.23. The van der Waals surface area contributed by atoms with Crippen LogP contribution in [-0.4, -0.2) is 24.3 Å². The Balaban J connectivity index is 2.51. The number of ether oxygens (including phenoxy) is 3. The van der Waals surface area contributed by atoms with Gasteiger partial charge in [0.05, 0.1) is 17.4 Å². The van der Waals surface area contributed by atoms with Crippen molar-refractivity contribution in [2.24, 2.45) is 10.8 Å². The van der Waals surface area contributed by atoms with Crippen LogP contribution in [0.15, 0.2) is 61.7 Å². The van der Waals surface area contributed by atoms with Gasteiger partial charge in [0.2, 0.25) is 0 Å². The molecule has 0 amide bonds. The Morgan fingerprint density at radius 2 is 1.40 bits per heavy atom.